The third kappa shape index (κ3) is 0.499. The van der Waals surface area contributed by atoms with Gasteiger partial charge in [0.2, 0.25) is 0 Å². The zero-order valence-corrected chi connectivity index (χ0v) is 6.61. The van der Waals surface area contributed by atoms with E-state index in [1.54, 1.807) is 32.1 Å². The van der Waals surface area contributed by atoms with Crippen LogP contribution in [0.15, 0.2) is 0 Å². The average Bonchev–Trinajstić information content (AvgIpc) is 2.13. The van der Waals surface area contributed by atoms with Gasteiger partial charge in [-0.3, -0.25) is 0 Å². The maximum atomic E-state index is 1.64. The first-order valence-electron chi connectivity index (χ1n) is 4.22. The van der Waals surface area contributed by atoms with Crippen molar-refractivity contribution in [1.29, 1.82) is 0 Å². The summed E-state index contributed by atoms with van der Waals surface area (Å²) in [6.45, 7) is 0. The highest BCUT2D eigenvalue weighted by Gasteiger charge is 2.52. The fraction of sp³-hybridized carbons (Fsp3) is 1.00. The van der Waals surface area contributed by atoms with Crippen LogP contribution >= 0.6 is 7.92 Å². The molecule has 0 aromatic carbocycles. The second kappa shape index (κ2) is 1.53. The van der Waals surface area contributed by atoms with Crippen molar-refractivity contribution in [2.45, 2.75) is 49.1 Å². The van der Waals surface area contributed by atoms with Crippen molar-refractivity contribution in [2.24, 2.45) is 0 Å². The Balaban J connectivity index is 1.95. The summed E-state index contributed by atoms with van der Waals surface area (Å²) >= 11 is 0. The summed E-state index contributed by atoms with van der Waals surface area (Å²) in [6, 6.07) is 0. The zero-order valence-electron chi connectivity index (χ0n) is 5.71. The van der Waals surface area contributed by atoms with Crippen LogP contribution in [-0.2, 0) is 0 Å². The summed E-state index contributed by atoms with van der Waals surface area (Å²) in [6.07, 6.45) is 8.11. The minimum Gasteiger partial charge on any atom is -0.0971 e. The van der Waals surface area contributed by atoms with Crippen LogP contribution in [0.25, 0.3) is 0 Å². The average molecular weight is 140 g/mol. The van der Waals surface area contributed by atoms with Gasteiger partial charge in [0.15, 0.2) is 0 Å². The molecule has 3 saturated heterocycles. The van der Waals surface area contributed by atoms with Crippen LogP contribution in [0.3, 0.4) is 0 Å². The molecule has 0 N–H and O–H groups in total. The van der Waals surface area contributed by atoms with Crippen molar-refractivity contribution < 1.29 is 0 Å². The molecule has 0 radical (unpaired) electrons. The first kappa shape index (κ1) is 5.13. The number of hydrogen-bond acceptors (Lipinski definition) is 0. The van der Waals surface area contributed by atoms with E-state index in [-0.39, 0.29) is 0 Å². The zero-order chi connectivity index (χ0) is 5.84. The molecule has 2 atom stereocenters. The summed E-state index contributed by atoms with van der Waals surface area (Å²) in [5.74, 6) is 0. The molecule has 0 bridgehead atoms. The van der Waals surface area contributed by atoms with Crippen molar-refractivity contribution in [1.82, 2.24) is 0 Å². The second-order valence-electron chi connectivity index (χ2n) is 3.80. The second-order valence-corrected chi connectivity index (χ2v) is 6.88. The smallest absolute Gasteiger partial charge is 0.0198 e. The van der Waals surface area contributed by atoms with Crippen LogP contribution in [-0.4, -0.2) is 17.0 Å². The van der Waals surface area contributed by atoms with E-state index in [2.05, 4.69) is 0 Å². The largest absolute Gasteiger partial charge is 0.0971 e. The molecule has 0 aromatic rings. The highest BCUT2D eigenvalue weighted by Crippen LogP contribution is 2.75. The molecule has 0 amide bonds. The van der Waals surface area contributed by atoms with E-state index >= 15 is 0 Å². The Kier molecular flexibility index (Phi) is 0.873. The van der Waals surface area contributed by atoms with E-state index in [9.17, 15) is 0 Å². The van der Waals surface area contributed by atoms with E-state index in [0.29, 0.717) is 7.92 Å². The summed E-state index contributed by atoms with van der Waals surface area (Å²) in [7, 11) is 0.643. The highest BCUT2D eigenvalue weighted by molar-refractivity contribution is 7.62. The molecule has 0 aromatic heterocycles. The fourth-order valence-electron chi connectivity index (χ4n) is 3.06. The molecule has 1 heteroatoms. The molecule has 2 unspecified atom stereocenters. The minimum atomic E-state index is 0.643. The fourth-order valence-corrected chi connectivity index (χ4v) is 7.24. The molecule has 3 fully saturated rings. The summed E-state index contributed by atoms with van der Waals surface area (Å²) < 4.78 is 0. The Morgan fingerprint density at radius 1 is 0.778 bits per heavy atom. The molecule has 0 saturated carbocycles. The standard InChI is InChI=1S/C8H13P/c1-3-7-5-8-4-2-6(1)9(7)8/h6-8H,1-5H2. The van der Waals surface area contributed by atoms with Gasteiger partial charge in [0, 0.05) is 0 Å². The predicted octanol–water partition coefficient (Wildman–Crippen LogP) is 2.57. The van der Waals surface area contributed by atoms with Crippen LogP contribution < -0.4 is 0 Å². The Labute approximate surface area is 57.8 Å². The third-order valence-electron chi connectivity index (χ3n) is 3.48. The van der Waals surface area contributed by atoms with Gasteiger partial charge in [-0.05, 0) is 49.1 Å². The molecule has 0 spiro atoms. The van der Waals surface area contributed by atoms with E-state index in [0.717, 1.165) is 0 Å². The van der Waals surface area contributed by atoms with Gasteiger partial charge in [0.05, 0.1) is 0 Å². The van der Waals surface area contributed by atoms with Gasteiger partial charge in [-0.25, -0.2) is 0 Å². The van der Waals surface area contributed by atoms with Crippen LogP contribution in [0.5, 0.6) is 0 Å². The van der Waals surface area contributed by atoms with Crippen LogP contribution in [0.2, 0.25) is 0 Å². The van der Waals surface area contributed by atoms with Gasteiger partial charge in [0.1, 0.15) is 0 Å². The first-order chi connectivity index (χ1) is 4.45. The van der Waals surface area contributed by atoms with Crippen molar-refractivity contribution in [3.05, 3.63) is 0 Å². The lowest BCUT2D eigenvalue weighted by atomic mass is 10.0. The van der Waals surface area contributed by atoms with Crippen molar-refractivity contribution >= 4 is 7.92 Å². The lowest BCUT2D eigenvalue weighted by Gasteiger charge is -2.38. The van der Waals surface area contributed by atoms with Crippen LogP contribution in [0.1, 0.15) is 32.1 Å². The summed E-state index contributed by atoms with van der Waals surface area (Å²) in [5.41, 5.74) is 3.82. The lowest BCUT2D eigenvalue weighted by molar-refractivity contribution is 0.559. The molecule has 50 valence electrons. The molecular formula is C8H13P. The third-order valence-corrected chi connectivity index (χ3v) is 7.46. The van der Waals surface area contributed by atoms with Gasteiger partial charge in [-0.1, -0.05) is 7.92 Å². The molecule has 3 heterocycles. The molecule has 3 aliphatic rings. The van der Waals surface area contributed by atoms with Crippen molar-refractivity contribution in [3.63, 3.8) is 0 Å². The van der Waals surface area contributed by atoms with E-state index < -0.39 is 0 Å². The molecule has 3 rings (SSSR count). The maximum absolute atomic E-state index is 1.64. The Morgan fingerprint density at radius 2 is 1.33 bits per heavy atom. The first-order valence-corrected chi connectivity index (χ1v) is 5.77. The Bertz CT molecular complexity index is 130. The van der Waals surface area contributed by atoms with Gasteiger partial charge in [-0.15, -0.1) is 0 Å². The van der Waals surface area contributed by atoms with E-state index in [1.165, 1.54) is 17.0 Å². The number of hydrogen-bond donors (Lipinski definition) is 0. The summed E-state index contributed by atoms with van der Waals surface area (Å²) in [4.78, 5) is 0. The van der Waals surface area contributed by atoms with Crippen LogP contribution in [0.4, 0.5) is 0 Å². The molecule has 0 nitrogen and oxygen atoms in total. The molecule has 3 aliphatic heterocycles. The predicted molar refractivity (Wildman–Crippen MR) is 41.4 cm³/mol. The quantitative estimate of drug-likeness (QED) is 0.453. The van der Waals surface area contributed by atoms with Crippen molar-refractivity contribution in [2.75, 3.05) is 0 Å². The van der Waals surface area contributed by atoms with Gasteiger partial charge in [-0.2, -0.15) is 0 Å². The van der Waals surface area contributed by atoms with Crippen LogP contribution in [0, 0.1) is 0 Å². The molecule has 0 aliphatic carbocycles. The topological polar surface area (TPSA) is 0 Å². The van der Waals surface area contributed by atoms with Gasteiger partial charge >= 0.3 is 0 Å². The summed E-state index contributed by atoms with van der Waals surface area (Å²) in [5, 5.41) is 0. The van der Waals surface area contributed by atoms with E-state index in [1.807, 2.05) is 0 Å². The SMILES string of the molecule is C1CC2CC3CCC1P23. The minimum absolute atomic E-state index is 0.643. The molecule has 9 heavy (non-hydrogen) atoms. The lowest BCUT2D eigenvalue weighted by Crippen LogP contribution is -2.23. The van der Waals surface area contributed by atoms with E-state index in [4.69, 9.17) is 0 Å². The normalized spacial score (nSPS) is 61.3. The highest BCUT2D eigenvalue weighted by atomic mass is 31.1. The van der Waals surface area contributed by atoms with Gasteiger partial charge < -0.3 is 0 Å². The Hall–Kier alpha value is 0.430. The maximum Gasteiger partial charge on any atom is -0.0198 e. The van der Waals surface area contributed by atoms with Gasteiger partial charge in [0.25, 0.3) is 0 Å². The molecular weight excluding hydrogens is 127 g/mol. The van der Waals surface area contributed by atoms with Crippen molar-refractivity contribution in [3.8, 4) is 0 Å². The number of rotatable bonds is 0. The Morgan fingerprint density at radius 3 is 1.89 bits per heavy atom. The monoisotopic (exact) mass is 140 g/mol.